The molecule has 0 bridgehead atoms. The van der Waals surface area contributed by atoms with Crippen LogP contribution in [-0.2, 0) is 4.74 Å². The quantitative estimate of drug-likeness (QED) is 0.550. The number of anilines is 1. The fourth-order valence-corrected chi connectivity index (χ4v) is 1.88. The highest BCUT2D eigenvalue weighted by molar-refractivity contribution is 5.24. The van der Waals surface area contributed by atoms with E-state index in [1.807, 2.05) is 0 Å². The first-order valence-electron chi connectivity index (χ1n) is 5.31. The number of nitrogens with two attached hydrogens (primary N) is 1. The first-order valence-corrected chi connectivity index (χ1v) is 5.31. The van der Waals surface area contributed by atoms with Crippen LogP contribution in [0.2, 0.25) is 0 Å². The van der Waals surface area contributed by atoms with Crippen molar-refractivity contribution >= 4 is 5.82 Å². The Bertz CT molecular complexity index is 550. The molecule has 0 radical (unpaired) electrons. The van der Waals surface area contributed by atoms with Crippen molar-refractivity contribution in [3.63, 3.8) is 0 Å². The number of aliphatic hydroxyl groups is 2. The van der Waals surface area contributed by atoms with Crippen LogP contribution in [0.3, 0.4) is 0 Å². The van der Waals surface area contributed by atoms with Crippen molar-refractivity contribution in [2.45, 2.75) is 24.4 Å². The van der Waals surface area contributed by atoms with Crippen LogP contribution < -0.4 is 11.4 Å². The Hall–Kier alpha value is -1.88. The molecule has 1 aliphatic heterocycles. The van der Waals surface area contributed by atoms with Crippen molar-refractivity contribution in [3.8, 4) is 12.3 Å². The SMILES string of the molecule is C#C[C@]1(CO)OC(n2ccc(N)nc2=O)C[C@@H]1O. The van der Waals surface area contributed by atoms with Gasteiger partial charge >= 0.3 is 5.69 Å². The van der Waals surface area contributed by atoms with Crippen LogP contribution in [0.5, 0.6) is 0 Å². The summed E-state index contributed by atoms with van der Waals surface area (Å²) in [6.07, 6.45) is 4.93. The summed E-state index contributed by atoms with van der Waals surface area (Å²) in [6.45, 7) is -0.529. The molecule has 1 fully saturated rings. The molecule has 3 atom stereocenters. The van der Waals surface area contributed by atoms with Gasteiger partial charge in [-0.25, -0.2) is 4.79 Å². The Labute approximate surface area is 103 Å². The van der Waals surface area contributed by atoms with Gasteiger partial charge in [-0.2, -0.15) is 4.98 Å². The van der Waals surface area contributed by atoms with E-state index in [9.17, 15) is 15.0 Å². The number of hydrogen-bond acceptors (Lipinski definition) is 6. The molecule has 18 heavy (non-hydrogen) atoms. The molecule has 1 saturated heterocycles. The fraction of sp³-hybridized carbons (Fsp3) is 0.455. The summed E-state index contributed by atoms with van der Waals surface area (Å²) in [4.78, 5) is 15.2. The molecule has 7 nitrogen and oxygen atoms in total. The topological polar surface area (TPSA) is 111 Å². The second-order valence-corrected chi connectivity index (χ2v) is 4.06. The summed E-state index contributed by atoms with van der Waals surface area (Å²) in [5, 5.41) is 19.0. The highest BCUT2D eigenvalue weighted by atomic mass is 16.6. The number of aromatic nitrogens is 2. The number of nitrogen functional groups attached to an aromatic ring is 1. The van der Waals surface area contributed by atoms with Crippen LogP contribution >= 0.6 is 0 Å². The maximum absolute atomic E-state index is 11.6. The molecule has 1 aromatic rings. The summed E-state index contributed by atoms with van der Waals surface area (Å²) >= 11 is 0. The second kappa shape index (κ2) is 4.42. The Morgan fingerprint density at radius 3 is 3.00 bits per heavy atom. The van der Waals surface area contributed by atoms with Crippen molar-refractivity contribution in [2.75, 3.05) is 12.3 Å². The average molecular weight is 251 g/mol. The normalized spacial score (nSPS) is 31.2. The van der Waals surface area contributed by atoms with E-state index < -0.39 is 30.2 Å². The van der Waals surface area contributed by atoms with E-state index in [4.69, 9.17) is 16.9 Å². The second-order valence-electron chi connectivity index (χ2n) is 4.06. The molecule has 0 aliphatic carbocycles. The Morgan fingerprint density at radius 1 is 1.78 bits per heavy atom. The first-order chi connectivity index (χ1) is 8.52. The predicted molar refractivity (Wildman–Crippen MR) is 62.3 cm³/mol. The van der Waals surface area contributed by atoms with Crippen molar-refractivity contribution in [1.82, 2.24) is 9.55 Å². The van der Waals surface area contributed by atoms with Gasteiger partial charge in [-0.3, -0.25) is 4.57 Å². The van der Waals surface area contributed by atoms with Crippen LogP contribution in [0.1, 0.15) is 12.6 Å². The standard InChI is InChI=1S/C11H13N3O4/c1-2-11(6-15)7(16)5-9(18-11)14-4-3-8(12)13-10(14)17/h1,3-4,7,9,15-16H,5-6H2,(H2,12,13,17)/t7-,9?,11+/m0/s1. The smallest absolute Gasteiger partial charge is 0.351 e. The minimum absolute atomic E-state index is 0.0935. The summed E-state index contributed by atoms with van der Waals surface area (Å²) in [5.41, 5.74) is 3.29. The lowest BCUT2D eigenvalue weighted by Gasteiger charge is -2.23. The molecule has 0 spiro atoms. The molecular formula is C11H13N3O4. The van der Waals surface area contributed by atoms with Gasteiger partial charge in [0.2, 0.25) is 0 Å². The van der Waals surface area contributed by atoms with Crippen molar-refractivity contribution < 1.29 is 14.9 Å². The molecule has 1 aromatic heterocycles. The molecule has 1 aliphatic rings. The maximum atomic E-state index is 11.6. The number of aliphatic hydroxyl groups excluding tert-OH is 2. The minimum Gasteiger partial charge on any atom is -0.392 e. The van der Waals surface area contributed by atoms with Crippen molar-refractivity contribution in [1.29, 1.82) is 0 Å². The lowest BCUT2D eigenvalue weighted by atomic mass is 9.99. The van der Waals surface area contributed by atoms with Gasteiger partial charge < -0.3 is 20.7 Å². The zero-order valence-electron chi connectivity index (χ0n) is 9.48. The Morgan fingerprint density at radius 2 is 2.50 bits per heavy atom. The van der Waals surface area contributed by atoms with E-state index in [1.54, 1.807) is 0 Å². The number of terminal acetylenes is 1. The lowest BCUT2D eigenvalue weighted by molar-refractivity contribution is -0.0912. The van der Waals surface area contributed by atoms with Crippen molar-refractivity contribution in [2.24, 2.45) is 0 Å². The van der Waals surface area contributed by atoms with Crippen LogP contribution in [0.15, 0.2) is 17.1 Å². The van der Waals surface area contributed by atoms with Gasteiger partial charge in [0.25, 0.3) is 0 Å². The summed E-state index contributed by atoms with van der Waals surface area (Å²) in [7, 11) is 0. The van der Waals surface area contributed by atoms with E-state index in [1.165, 1.54) is 16.8 Å². The minimum atomic E-state index is -1.48. The average Bonchev–Trinajstić information content (AvgIpc) is 2.67. The Kier molecular flexibility index (Phi) is 3.09. The molecule has 2 rings (SSSR count). The molecule has 7 heteroatoms. The van der Waals surface area contributed by atoms with E-state index in [2.05, 4.69) is 10.9 Å². The van der Waals surface area contributed by atoms with Gasteiger partial charge in [0.15, 0.2) is 5.60 Å². The largest absolute Gasteiger partial charge is 0.392 e. The van der Waals surface area contributed by atoms with Gasteiger partial charge in [0, 0.05) is 12.6 Å². The zero-order chi connectivity index (χ0) is 13.3. The van der Waals surface area contributed by atoms with E-state index in [0.717, 1.165) is 0 Å². The molecule has 0 saturated carbocycles. The molecule has 1 unspecified atom stereocenters. The molecule has 96 valence electrons. The van der Waals surface area contributed by atoms with Gasteiger partial charge in [-0.05, 0) is 6.07 Å². The van der Waals surface area contributed by atoms with Crippen LogP contribution in [0.25, 0.3) is 0 Å². The van der Waals surface area contributed by atoms with Crippen LogP contribution in [0.4, 0.5) is 5.82 Å². The number of ether oxygens (including phenoxy) is 1. The first kappa shape index (κ1) is 12.6. The number of rotatable bonds is 2. The van der Waals surface area contributed by atoms with E-state index in [-0.39, 0.29) is 12.2 Å². The fourth-order valence-electron chi connectivity index (χ4n) is 1.88. The predicted octanol–water partition coefficient (Wildman–Crippen LogP) is -1.53. The van der Waals surface area contributed by atoms with Gasteiger partial charge in [-0.15, -0.1) is 6.42 Å². The Balaban J connectivity index is 2.33. The highest BCUT2D eigenvalue weighted by Gasteiger charge is 2.47. The van der Waals surface area contributed by atoms with E-state index >= 15 is 0 Å². The van der Waals surface area contributed by atoms with Gasteiger partial charge in [0.1, 0.15) is 18.1 Å². The van der Waals surface area contributed by atoms with Gasteiger partial charge in [-0.1, -0.05) is 5.92 Å². The zero-order valence-corrected chi connectivity index (χ0v) is 9.48. The van der Waals surface area contributed by atoms with Crippen molar-refractivity contribution in [3.05, 3.63) is 22.7 Å². The number of nitrogens with zero attached hydrogens (tertiary/aromatic N) is 2. The molecule has 0 aromatic carbocycles. The lowest BCUT2D eigenvalue weighted by Crippen LogP contribution is -2.41. The number of hydrogen-bond donors (Lipinski definition) is 3. The summed E-state index contributed by atoms with van der Waals surface area (Å²) in [5.74, 6) is 2.32. The van der Waals surface area contributed by atoms with Crippen LogP contribution in [0, 0.1) is 12.3 Å². The highest BCUT2D eigenvalue weighted by Crippen LogP contribution is 2.35. The monoisotopic (exact) mass is 251 g/mol. The van der Waals surface area contributed by atoms with Crippen LogP contribution in [-0.4, -0.2) is 38.1 Å². The summed E-state index contributed by atoms with van der Waals surface area (Å²) < 4.78 is 6.59. The summed E-state index contributed by atoms with van der Waals surface area (Å²) in [6, 6.07) is 1.44. The van der Waals surface area contributed by atoms with E-state index in [0.29, 0.717) is 0 Å². The molecule has 4 N–H and O–H groups in total. The third kappa shape index (κ3) is 1.86. The molecule has 2 heterocycles. The third-order valence-corrected chi connectivity index (χ3v) is 2.95. The molecule has 0 amide bonds. The van der Waals surface area contributed by atoms with Gasteiger partial charge in [0.05, 0.1) is 6.61 Å². The maximum Gasteiger partial charge on any atom is 0.351 e. The molecular weight excluding hydrogens is 238 g/mol. The third-order valence-electron chi connectivity index (χ3n) is 2.95.